The van der Waals surface area contributed by atoms with Gasteiger partial charge in [-0.1, -0.05) is 0 Å². The Morgan fingerprint density at radius 1 is 1.41 bits per heavy atom. The van der Waals surface area contributed by atoms with E-state index in [1.807, 2.05) is 6.92 Å². The number of aromatic nitrogens is 2. The van der Waals surface area contributed by atoms with Gasteiger partial charge in [0.1, 0.15) is 5.69 Å². The highest BCUT2D eigenvalue weighted by atomic mass is 16.5. The SMILES string of the molecule is CCn1c(=O)c(C)nc2cc(C(=O)OCC(=O)NC[C@@H]3CCCO3)ccc21. The molecule has 1 amide bonds. The van der Waals surface area contributed by atoms with E-state index in [1.165, 1.54) is 0 Å². The topological polar surface area (TPSA) is 99.5 Å². The van der Waals surface area contributed by atoms with Crippen LogP contribution in [0.5, 0.6) is 0 Å². The zero-order chi connectivity index (χ0) is 19.4. The van der Waals surface area contributed by atoms with Crippen molar-refractivity contribution >= 4 is 22.9 Å². The van der Waals surface area contributed by atoms with Crippen LogP contribution in [0.2, 0.25) is 0 Å². The molecule has 0 saturated carbocycles. The maximum atomic E-state index is 12.2. The van der Waals surface area contributed by atoms with Gasteiger partial charge in [0.15, 0.2) is 6.61 Å². The van der Waals surface area contributed by atoms with Gasteiger partial charge in [0.25, 0.3) is 11.5 Å². The summed E-state index contributed by atoms with van der Waals surface area (Å²) in [4.78, 5) is 40.4. The van der Waals surface area contributed by atoms with Gasteiger partial charge >= 0.3 is 5.97 Å². The molecule has 8 nitrogen and oxygen atoms in total. The second-order valence-electron chi connectivity index (χ2n) is 6.47. The summed E-state index contributed by atoms with van der Waals surface area (Å²) in [5.74, 6) is -0.980. The van der Waals surface area contributed by atoms with Crippen molar-refractivity contribution in [2.24, 2.45) is 0 Å². The number of rotatable bonds is 6. The van der Waals surface area contributed by atoms with Gasteiger partial charge in [0.2, 0.25) is 0 Å². The molecular weight excluding hydrogens is 350 g/mol. The number of nitrogens with one attached hydrogen (secondary N) is 1. The number of carbonyl (C=O) groups excluding carboxylic acids is 2. The highest BCUT2D eigenvalue weighted by Crippen LogP contribution is 2.14. The maximum Gasteiger partial charge on any atom is 0.338 e. The van der Waals surface area contributed by atoms with Crippen LogP contribution in [0.3, 0.4) is 0 Å². The average Bonchev–Trinajstić information content (AvgIpc) is 3.18. The van der Waals surface area contributed by atoms with Crippen molar-refractivity contribution in [3.8, 4) is 0 Å². The number of aryl methyl sites for hydroxylation is 2. The number of carbonyl (C=O) groups is 2. The molecule has 8 heteroatoms. The van der Waals surface area contributed by atoms with E-state index < -0.39 is 5.97 Å². The number of benzene rings is 1. The van der Waals surface area contributed by atoms with E-state index in [4.69, 9.17) is 9.47 Å². The van der Waals surface area contributed by atoms with Crippen molar-refractivity contribution < 1.29 is 19.1 Å². The van der Waals surface area contributed by atoms with E-state index in [0.717, 1.165) is 19.4 Å². The van der Waals surface area contributed by atoms with Crippen LogP contribution >= 0.6 is 0 Å². The van der Waals surface area contributed by atoms with Crippen LogP contribution in [0.15, 0.2) is 23.0 Å². The summed E-state index contributed by atoms with van der Waals surface area (Å²) >= 11 is 0. The molecule has 144 valence electrons. The molecule has 1 aromatic carbocycles. The summed E-state index contributed by atoms with van der Waals surface area (Å²) < 4.78 is 12.1. The highest BCUT2D eigenvalue weighted by molar-refractivity contribution is 5.94. The Morgan fingerprint density at radius 3 is 2.93 bits per heavy atom. The van der Waals surface area contributed by atoms with Gasteiger partial charge < -0.3 is 19.4 Å². The molecule has 1 fully saturated rings. The van der Waals surface area contributed by atoms with E-state index in [-0.39, 0.29) is 29.7 Å². The predicted octanol–water partition coefficient (Wildman–Crippen LogP) is 1.18. The molecule has 0 spiro atoms. The molecule has 0 aliphatic carbocycles. The van der Waals surface area contributed by atoms with E-state index in [2.05, 4.69) is 10.3 Å². The predicted molar refractivity (Wildman–Crippen MR) is 98.7 cm³/mol. The molecule has 1 atom stereocenters. The second-order valence-corrected chi connectivity index (χ2v) is 6.47. The lowest BCUT2D eigenvalue weighted by atomic mass is 10.2. The minimum Gasteiger partial charge on any atom is -0.452 e. The van der Waals surface area contributed by atoms with Crippen LogP contribution < -0.4 is 10.9 Å². The molecular formula is C19H23N3O5. The van der Waals surface area contributed by atoms with Gasteiger partial charge in [0.05, 0.1) is 22.7 Å². The number of hydrogen-bond donors (Lipinski definition) is 1. The molecule has 1 N–H and O–H groups in total. The standard InChI is InChI=1S/C19H23N3O5/c1-3-22-16-7-6-13(9-15(16)21-12(2)18(22)24)19(25)27-11-17(23)20-10-14-5-4-8-26-14/h6-7,9,14H,3-5,8,10-11H2,1-2H3,(H,20,23)/t14-/m0/s1. The van der Waals surface area contributed by atoms with E-state index in [0.29, 0.717) is 29.8 Å². The maximum absolute atomic E-state index is 12.2. The van der Waals surface area contributed by atoms with Gasteiger partial charge in [-0.15, -0.1) is 0 Å². The lowest BCUT2D eigenvalue weighted by molar-refractivity contribution is -0.124. The number of fused-ring (bicyclic) bond motifs is 1. The van der Waals surface area contributed by atoms with Crippen LogP contribution in [0.4, 0.5) is 0 Å². The minimum atomic E-state index is -0.613. The normalized spacial score (nSPS) is 16.4. The van der Waals surface area contributed by atoms with Crippen molar-refractivity contribution in [1.29, 1.82) is 0 Å². The molecule has 1 saturated heterocycles. The van der Waals surface area contributed by atoms with Crippen molar-refractivity contribution in [2.75, 3.05) is 19.8 Å². The molecule has 1 aromatic heterocycles. The molecule has 1 aliphatic heterocycles. The summed E-state index contributed by atoms with van der Waals surface area (Å²) in [7, 11) is 0. The number of ether oxygens (including phenoxy) is 2. The monoisotopic (exact) mass is 373 g/mol. The Hall–Kier alpha value is -2.74. The Kier molecular flexibility index (Phi) is 5.85. The second kappa shape index (κ2) is 8.30. The summed E-state index contributed by atoms with van der Waals surface area (Å²) in [5.41, 5.74) is 1.68. The Labute approximate surface area is 156 Å². The third-order valence-electron chi connectivity index (χ3n) is 4.55. The summed E-state index contributed by atoms with van der Waals surface area (Å²) in [6.07, 6.45) is 1.96. The fraction of sp³-hybridized carbons (Fsp3) is 0.474. The highest BCUT2D eigenvalue weighted by Gasteiger charge is 2.17. The zero-order valence-electron chi connectivity index (χ0n) is 15.5. The molecule has 2 aromatic rings. The fourth-order valence-corrected chi connectivity index (χ4v) is 3.11. The molecule has 0 radical (unpaired) electrons. The van der Waals surface area contributed by atoms with Crippen molar-refractivity contribution in [3.05, 3.63) is 39.8 Å². The first-order valence-electron chi connectivity index (χ1n) is 9.06. The van der Waals surface area contributed by atoms with Gasteiger partial charge in [-0.3, -0.25) is 9.59 Å². The third kappa shape index (κ3) is 4.33. The molecule has 2 heterocycles. The van der Waals surface area contributed by atoms with E-state index in [9.17, 15) is 14.4 Å². The zero-order valence-corrected chi connectivity index (χ0v) is 15.5. The van der Waals surface area contributed by atoms with Gasteiger partial charge in [0, 0.05) is 19.7 Å². The first kappa shape index (κ1) is 19.0. The molecule has 1 aliphatic rings. The largest absolute Gasteiger partial charge is 0.452 e. The third-order valence-corrected chi connectivity index (χ3v) is 4.55. The summed E-state index contributed by atoms with van der Waals surface area (Å²) in [6, 6.07) is 4.80. The smallest absolute Gasteiger partial charge is 0.338 e. The van der Waals surface area contributed by atoms with E-state index in [1.54, 1.807) is 29.7 Å². The lowest BCUT2D eigenvalue weighted by Gasteiger charge is -2.11. The molecule has 3 rings (SSSR count). The first-order chi connectivity index (χ1) is 13.0. The van der Waals surface area contributed by atoms with Gasteiger partial charge in [-0.25, -0.2) is 9.78 Å². The fourth-order valence-electron chi connectivity index (χ4n) is 3.11. The number of amides is 1. The van der Waals surface area contributed by atoms with Crippen LogP contribution in [0, 0.1) is 6.92 Å². The summed E-state index contributed by atoms with van der Waals surface area (Å²) in [6.45, 7) is 4.80. The molecule has 0 unspecified atom stereocenters. The molecule has 27 heavy (non-hydrogen) atoms. The van der Waals surface area contributed by atoms with Crippen molar-refractivity contribution in [1.82, 2.24) is 14.9 Å². The van der Waals surface area contributed by atoms with Crippen LogP contribution in [0.25, 0.3) is 11.0 Å². The van der Waals surface area contributed by atoms with Crippen molar-refractivity contribution in [2.45, 2.75) is 39.3 Å². The summed E-state index contributed by atoms with van der Waals surface area (Å²) in [5, 5.41) is 2.70. The van der Waals surface area contributed by atoms with E-state index >= 15 is 0 Å². The average molecular weight is 373 g/mol. The quantitative estimate of drug-likeness (QED) is 0.763. The van der Waals surface area contributed by atoms with Crippen LogP contribution in [-0.2, 0) is 20.8 Å². The Balaban J connectivity index is 1.64. The van der Waals surface area contributed by atoms with Crippen LogP contribution in [-0.4, -0.2) is 47.3 Å². The lowest BCUT2D eigenvalue weighted by Crippen LogP contribution is -2.34. The Morgan fingerprint density at radius 2 is 2.22 bits per heavy atom. The minimum absolute atomic E-state index is 0.0376. The first-order valence-corrected chi connectivity index (χ1v) is 9.06. The number of esters is 1. The Bertz CT molecular complexity index is 915. The molecule has 0 bridgehead atoms. The number of hydrogen-bond acceptors (Lipinski definition) is 6. The van der Waals surface area contributed by atoms with Gasteiger partial charge in [-0.2, -0.15) is 0 Å². The van der Waals surface area contributed by atoms with Crippen molar-refractivity contribution in [3.63, 3.8) is 0 Å². The van der Waals surface area contributed by atoms with Crippen LogP contribution in [0.1, 0.15) is 35.8 Å². The number of nitrogens with zero attached hydrogens (tertiary/aromatic N) is 2. The van der Waals surface area contributed by atoms with Gasteiger partial charge in [-0.05, 0) is 44.9 Å².